The molecule has 1 amide bonds. The van der Waals surface area contributed by atoms with Crippen LogP contribution in [0.1, 0.15) is 48.2 Å². The van der Waals surface area contributed by atoms with Gasteiger partial charge in [0.05, 0.1) is 25.4 Å². The molecule has 1 atom stereocenters. The zero-order chi connectivity index (χ0) is 25.0. The highest BCUT2D eigenvalue weighted by molar-refractivity contribution is 5.95. The molecular weight excluding hydrogens is 454 g/mol. The van der Waals surface area contributed by atoms with Gasteiger partial charge in [-0.3, -0.25) is 4.79 Å². The summed E-state index contributed by atoms with van der Waals surface area (Å²) in [6.07, 6.45) is 3.54. The predicted octanol–water partition coefficient (Wildman–Crippen LogP) is 4.33. The summed E-state index contributed by atoms with van der Waals surface area (Å²) < 4.78 is 45.7. The summed E-state index contributed by atoms with van der Waals surface area (Å²) in [7, 11) is 0. The minimum atomic E-state index is -0.986. The lowest BCUT2D eigenvalue weighted by molar-refractivity contribution is 0.0365. The maximum atomic E-state index is 15.0. The van der Waals surface area contributed by atoms with E-state index in [2.05, 4.69) is 10.6 Å². The van der Waals surface area contributed by atoms with Crippen molar-refractivity contribution >= 4 is 11.5 Å². The number of hydrogen-bond donors (Lipinski definition) is 2. The average Bonchev–Trinajstić information content (AvgIpc) is 3.38. The maximum Gasteiger partial charge on any atom is 0.251 e. The fourth-order valence-corrected chi connectivity index (χ4v) is 3.88. The summed E-state index contributed by atoms with van der Waals surface area (Å²) in [5.74, 6) is -1.89. The molecule has 1 saturated heterocycles. The number of halogens is 2. The summed E-state index contributed by atoms with van der Waals surface area (Å²) in [6.45, 7) is 7.52. The van der Waals surface area contributed by atoms with E-state index < -0.39 is 11.6 Å². The van der Waals surface area contributed by atoms with Crippen LogP contribution in [0, 0.1) is 11.6 Å². The highest BCUT2D eigenvalue weighted by Crippen LogP contribution is 2.34. The molecule has 2 N–H and O–H groups in total. The summed E-state index contributed by atoms with van der Waals surface area (Å²) in [5.41, 5.74) is 1.66. The second kappa shape index (κ2) is 13.9. The summed E-state index contributed by atoms with van der Waals surface area (Å²) in [4.78, 5) is 12.5. The van der Waals surface area contributed by atoms with E-state index in [0.717, 1.165) is 32.0 Å². The molecule has 1 fully saturated rings. The molecule has 3 rings (SSSR count). The third-order valence-corrected chi connectivity index (χ3v) is 5.67. The fraction of sp³-hybridized carbons (Fsp3) is 0.444. The Kier molecular flexibility index (Phi) is 10.7. The van der Waals surface area contributed by atoms with Gasteiger partial charge in [0.25, 0.3) is 5.91 Å². The van der Waals surface area contributed by atoms with Crippen molar-refractivity contribution in [1.29, 1.82) is 0 Å². The number of nitrogens with one attached hydrogen (secondary N) is 2. The monoisotopic (exact) mass is 488 g/mol. The van der Waals surface area contributed by atoms with Crippen LogP contribution in [0.3, 0.4) is 0 Å². The number of carbonyl (C=O) groups is 1. The fourth-order valence-electron chi connectivity index (χ4n) is 3.88. The normalized spacial score (nSPS) is 15.9. The minimum Gasteiger partial charge on any atom is -0.490 e. The first-order valence-electron chi connectivity index (χ1n) is 12.1. The van der Waals surface area contributed by atoms with Gasteiger partial charge in [0, 0.05) is 24.8 Å². The molecule has 0 aromatic heterocycles. The molecule has 1 heterocycles. The van der Waals surface area contributed by atoms with Crippen molar-refractivity contribution in [2.45, 2.75) is 32.7 Å². The third kappa shape index (κ3) is 7.59. The van der Waals surface area contributed by atoms with E-state index in [1.807, 2.05) is 6.92 Å². The van der Waals surface area contributed by atoms with Gasteiger partial charge in [0.15, 0.2) is 11.6 Å². The van der Waals surface area contributed by atoms with E-state index in [4.69, 9.17) is 14.2 Å². The molecule has 0 radical (unpaired) electrons. The average molecular weight is 489 g/mol. The molecule has 190 valence electrons. The lowest BCUT2D eigenvalue weighted by atomic mass is 9.95. The van der Waals surface area contributed by atoms with Crippen molar-refractivity contribution in [3.8, 4) is 5.75 Å². The predicted molar refractivity (Wildman–Crippen MR) is 132 cm³/mol. The van der Waals surface area contributed by atoms with Crippen LogP contribution in [0.25, 0.3) is 5.57 Å². The molecule has 0 saturated carbocycles. The number of allylic oxidation sites excluding steroid dienone is 1. The number of benzene rings is 2. The summed E-state index contributed by atoms with van der Waals surface area (Å²) >= 11 is 0. The van der Waals surface area contributed by atoms with Gasteiger partial charge in [-0.05, 0) is 61.7 Å². The number of ether oxygens (including phenoxy) is 3. The Balaban J connectivity index is 1.68. The molecule has 0 bridgehead atoms. The first-order chi connectivity index (χ1) is 17.0. The van der Waals surface area contributed by atoms with Gasteiger partial charge in [-0.1, -0.05) is 25.1 Å². The quantitative estimate of drug-likeness (QED) is 0.411. The van der Waals surface area contributed by atoms with Gasteiger partial charge in [-0.15, -0.1) is 0 Å². The standard InChI is InChI=1S/C27H34F2N2O4/c1-3-13-33-14-15-34-16-17-35-24-10-9-23(28)26(29)25(24)22(4-2)19-5-7-20(8-6-19)27(32)31-21-11-12-30-18-21/h4-10,21,30H,3,11-18H2,1-2H3,(H,31,32)/t21-/m0/s1. The second-order valence-electron chi connectivity index (χ2n) is 8.25. The molecule has 0 unspecified atom stereocenters. The topological polar surface area (TPSA) is 68.8 Å². The first kappa shape index (κ1) is 26.8. The Hall–Kier alpha value is -2.81. The highest BCUT2D eigenvalue weighted by Gasteiger charge is 2.21. The van der Waals surface area contributed by atoms with Gasteiger partial charge in [0.1, 0.15) is 12.4 Å². The van der Waals surface area contributed by atoms with Gasteiger partial charge in [-0.2, -0.15) is 0 Å². The van der Waals surface area contributed by atoms with Crippen LogP contribution in [-0.2, 0) is 9.47 Å². The van der Waals surface area contributed by atoms with Crippen LogP contribution in [0.5, 0.6) is 5.75 Å². The van der Waals surface area contributed by atoms with Crippen LogP contribution in [0.4, 0.5) is 8.78 Å². The molecule has 0 spiro atoms. The van der Waals surface area contributed by atoms with Gasteiger partial charge >= 0.3 is 0 Å². The van der Waals surface area contributed by atoms with Crippen LogP contribution in [-0.4, -0.2) is 58.1 Å². The van der Waals surface area contributed by atoms with E-state index in [-0.39, 0.29) is 29.9 Å². The lowest BCUT2D eigenvalue weighted by Crippen LogP contribution is -2.36. The minimum absolute atomic E-state index is 0.0352. The van der Waals surface area contributed by atoms with Crippen LogP contribution in [0.15, 0.2) is 42.5 Å². The molecular formula is C27H34F2N2O4. The molecule has 2 aromatic carbocycles. The van der Waals surface area contributed by atoms with Crippen molar-refractivity contribution in [1.82, 2.24) is 10.6 Å². The largest absolute Gasteiger partial charge is 0.490 e. The van der Waals surface area contributed by atoms with Gasteiger partial charge in [-0.25, -0.2) is 8.78 Å². The van der Waals surface area contributed by atoms with Crippen molar-refractivity contribution in [2.75, 3.05) is 46.1 Å². The SMILES string of the molecule is CC=C(c1ccc(C(=O)N[C@H]2CCNC2)cc1)c1c(OCCOCCOCCC)ccc(F)c1F. The zero-order valence-corrected chi connectivity index (χ0v) is 20.4. The molecule has 8 heteroatoms. The van der Waals surface area contributed by atoms with Crippen LogP contribution in [0.2, 0.25) is 0 Å². The first-order valence-corrected chi connectivity index (χ1v) is 12.1. The molecule has 1 aliphatic heterocycles. The smallest absolute Gasteiger partial charge is 0.251 e. The van der Waals surface area contributed by atoms with Crippen LogP contribution < -0.4 is 15.4 Å². The second-order valence-corrected chi connectivity index (χ2v) is 8.25. The summed E-state index contributed by atoms with van der Waals surface area (Å²) in [6, 6.07) is 9.40. The third-order valence-electron chi connectivity index (χ3n) is 5.67. The Morgan fingerprint density at radius 2 is 1.71 bits per heavy atom. The molecule has 6 nitrogen and oxygen atoms in total. The Morgan fingerprint density at radius 3 is 2.37 bits per heavy atom. The van der Waals surface area contributed by atoms with E-state index in [1.54, 1.807) is 37.3 Å². The molecule has 0 aliphatic carbocycles. The molecule has 2 aromatic rings. The number of amides is 1. The lowest BCUT2D eigenvalue weighted by Gasteiger charge is -2.16. The number of hydrogen-bond acceptors (Lipinski definition) is 5. The van der Waals surface area contributed by atoms with E-state index in [0.29, 0.717) is 43.1 Å². The van der Waals surface area contributed by atoms with Gasteiger partial charge in [0.2, 0.25) is 0 Å². The van der Waals surface area contributed by atoms with E-state index in [9.17, 15) is 13.6 Å². The number of rotatable bonds is 13. The molecule has 1 aliphatic rings. The van der Waals surface area contributed by atoms with Crippen LogP contribution >= 0.6 is 0 Å². The van der Waals surface area contributed by atoms with Crippen molar-refractivity contribution in [2.24, 2.45) is 0 Å². The van der Waals surface area contributed by atoms with Gasteiger partial charge < -0.3 is 24.8 Å². The molecule has 35 heavy (non-hydrogen) atoms. The van der Waals surface area contributed by atoms with Crippen molar-refractivity contribution < 1.29 is 27.8 Å². The Bertz CT molecular complexity index is 989. The van der Waals surface area contributed by atoms with Crippen molar-refractivity contribution in [3.63, 3.8) is 0 Å². The maximum absolute atomic E-state index is 15.0. The zero-order valence-electron chi connectivity index (χ0n) is 20.4. The van der Waals surface area contributed by atoms with Crippen molar-refractivity contribution in [3.05, 3.63) is 70.8 Å². The Morgan fingerprint density at radius 1 is 1.03 bits per heavy atom. The Labute approximate surface area is 205 Å². The summed E-state index contributed by atoms with van der Waals surface area (Å²) in [5, 5.41) is 6.21. The number of carbonyl (C=O) groups excluding carboxylic acids is 1. The van der Waals surface area contributed by atoms with E-state index >= 15 is 0 Å². The highest BCUT2D eigenvalue weighted by atomic mass is 19.2. The van der Waals surface area contributed by atoms with E-state index in [1.165, 1.54) is 6.07 Å².